The minimum absolute atomic E-state index is 0.0229. The summed E-state index contributed by atoms with van der Waals surface area (Å²) in [7, 11) is 0. The first kappa shape index (κ1) is 13.7. The zero-order chi connectivity index (χ0) is 12.7. The summed E-state index contributed by atoms with van der Waals surface area (Å²) in [6.45, 7) is 3.11. The fraction of sp³-hybridized carbons (Fsp3) is 0.357. The van der Waals surface area contributed by atoms with E-state index in [9.17, 15) is 4.79 Å². The van der Waals surface area contributed by atoms with Crippen LogP contribution >= 0.6 is 11.8 Å². The predicted octanol–water partition coefficient (Wildman–Crippen LogP) is 2.89. The molecule has 0 heterocycles. The Kier molecular flexibility index (Phi) is 5.65. The van der Waals surface area contributed by atoms with E-state index in [0.717, 1.165) is 16.9 Å². The smallest absolute Gasteiger partial charge is 0.255 e. The van der Waals surface area contributed by atoms with Gasteiger partial charge < -0.3 is 4.90 Å². The lowest BCUT2D eigenvalue weighted by Crippen LogP contribution is -2.32. The standard InChI is InChI=1S/C14H17NOS/c1-4-10-15(11-5-2)14(16)12-8-6-7-9-13(12)17-3/h1,6-9H,5,10-11H2,2-3H3. The molecule has 0 aliphatic heterocycles. The zero-order valence-electron chi connectivity index (χ0n) is 10.3. The fourth-order valence-corrected chi connectivity index (χ4v) is 2.21. The van der Waals surface area contributed by atoms with Gasteiger partial charge in [-0.15, -0.1) is 18.2 Å². The highest BCUT2D eigenvalue weighted by atomic mass is 32.2. The molecule has 0 unspecified atom stereocenters. The molecular formula is C14H17NOS. The van der Waals surface area contributed by atoms with Crippen LogP contribution in [0.5, 0.6) is 0 Å². The van der Waals surface area contributed by atoms with Crippen molar-refractivity contribution in [2.45, 2.75) is 18.2 Å². The van der Waals surface area contributed by atoms with Crippen molar-refractivity contribution >= 4 is 17.7 Å². The lowest BCUT2D eigenvalue weighted by molar-refractivity contribution is 0.0773. The van der Waals surface area contributed by atoms with Gasteiger partial charge in [-0.25, -0.2) is 0 Å². The number of hydrogen-bond acceptors (Lipinski definition) is 2. The number of nitrogens with zero attached hydrogens (tertiary/aromatic N) is 1. The van der Waals surface area contributed by atoms with Crippen LogP contribution in [0.1, 0.15) is 23.7 Å². The molecule has 0 aliphatic rings. The lowest BCUT2D eigenvalue weighted by Gasteiger charge is -2.20. The van der Waals surface area contributed by atoms with Crippen molar-refractivity contribution in [2.75, 3.05) is 19.3 Å². The molecule has 3 heteroatoms. The Morgan fingerprint density at radius 2 is 2.18 bits per heavy atom. The van der Waals surface area contributed by atoms with Gasteiger partial charge in [0.25, 0.3) is 5.91 Å². The number of thioether (sulfide) groups is 1. The topological polar surface area (TPSA) is 20.3 Å². The predicted molar refractivity (Wildman–Crippen MR) is 73.3 cm³/mol. The molecule has 0 bridgehead atoms. The second-order valence-electron chi connectivity index (χ2n) is 3.63. The third-order valence-electron chi connectivity index (χ3n) is 2.40. The summed E-state index contributed by atoms with van der Waals surface area (Å²) < 4.78 is 0. The number of rotatable bonds is 5. The van der Waals surface area contributed by atoms with Crippen LogP contribution in [0.2, 0.25) is 0 Å². The molecule has 0 saturated heterocycles. The minimum Gasteiger partial charge on any atom is -0.327 e. The fourth-order valence-electron chi connectivity index (χ4n) is 1.62. The SMILES string of the molecule is C#CCN(CCC)C(=O)c1ccccc1SC. The van der Waals surface area contributed by atoms with Gasteiger partial charge in [0, 0.05) is 11.4 Å². The molecule has 1 rings (SSSR count). The van der Waals surface area contributed by atoms with Crippen molar-refractivity contribution in [3.8, 4) is 12.3 Å². The average Bonchev–Trinajstić information content (AvgIpc) is 2.37. The van der Waals surface area contributed by atoms with Crippen molar-refractivity contribution < 1.29 is 4.79 Å². The van der Waals surface area contributed by atoms with E-state index in [0.29, 0.717) is 13.1 Å². The van der Waals surface area contributed by atoms with E-state index in [2.05, 4.69) is 5.92 Å². The summed E-state index contributed by atoms with van der Waals surface area (Å²) >= 11 is 1.58. The molecule has 0 fully saturated rings. The summed E-state index contributed by atoms with van der Waals surface area (Å²) in [4.78, 5) is 15.0. The van der Waals surface area contributed by atoms with Gasteiger partial charge in [0.1, 0.15) is 0 Å². The highest BCUT2D eigenvalue weighted by molar-refractivity contribution is 7.98. The Bertz CT molecular complexity index is 422. The summed E-state index contributed by atoms with van der Waals surface area (Å²) in [6.07, 6.45) is 8.18. The summed E-state index contributed by atoms with van der Waals surface area (Å²) in [5, 5.41) is 0. The largest absolute Gasteiger partial charge is 0.327 e. The van der Waals surface area contributed by atoms with Gasteiger partial charge in [-0.3, -0.25) is 4.79 Å². The first-order chi connectivity index (χ1) is 8.24. The highest BCUT2D eigenvalue weighted by Gasteiger charge is 2.16. The Morgan fingerprint density at radius 1 is 1.47 bits per heavy atom. The van der Waals surface area contributed by atoms with E-state index in [1.165, 1.54) is 0 Å². The number of carbonyl (C=O) groups excluding carboxylic acids is 1. The molecule has 0 saturated carbocycles. The van der Waals surface area contributed by atoms with Crippen LogP contribution in [-0.4, -0.2) is 30.2 Å². The zero-order valence-corrected chi connectivity index (χ0v) is 11.1. The maximum Gasteiger partial charge on any atom is 0.255 e. The first-order valence-corrected chi connectivity index (χ1v) is 6.82. The third kappa shape index (κ3) is 3.54. The Labute approximate surface area is 107 Å². The van der Waals surface area contributed by atoms with Crippen LogP contribution in [0.25, 0.3) is 0 Å². The number of carbonyl (C=O) groups is 1. The Balaban J connectivity index is 2.97. The quantitative estimate of drug-likeness (QED) is 0.589. The van der Waals surface area contributed by atoms with Crippen molar-refractivity contribution in [3.63, 3.8) is 0 Å². The van der Waals surface area contributed by atoms with Crippen molar-refractivity contribution in [2.24, 2.45) is 0 Å². The molecular weight excluding hydrogens is 230 g/mol. The first-order valence-electron chi connectivity index (χ1n) is 5.60. The van der Waals surface area contributed by atoms with Crippen molar-refractivity contribution in [3.05, 3.63) is 29.8 Å². The van der Waals surface area contributed by atoms with E-state index in [1.807, 2.05) is 37.4 Å². The molecule has 1 aromatic rings. The molecule has 0 N–H and O–H groups in total. The van der Waals surface area contributed by atoms with Gasteiger partial charge in [-0.05, 0) is 24.8 Å². The van der Waals surface area contributed by atoms with Gasteiger partial charge in [0.05, 0.1) is 12.1 Å². The van der Waals surface area contributed by atoms with E-state index in [4.69, 9.17) is 6.42 Å². The van der Waals surface area contributed by atoms with Gasteiger partial charge in [-0.2, -0.15) is 0 Å². The van der Waals surface area contributed by atoms with Crippen molar-refractivity contribution in [1.82, 2.24) is 4.90 Å². The molecule has 1 aromatic carbocycles. The molecule has 17 heavy (non-hydrogen) atoms. The normalized spacial score (nSPS) is 9.71. The van der Waals surface area contributed by atoms with Crippen LogP contribution in [-0.2, 0) is 0 Å². The second-order valence-corrected chi connectivity index (χ2v) is 4.48. The average molecular weight is 247 g/mol. The lowest BCUT2D eigenvalue weighted by atomic mass is 10.2. The second kappa shape index (κ2) is 7.03. The molecule has 1 amide bonds. The van der Waals surface area contributed by atoms with E-state index in [-0.39, 0.29) is 5.91 Å². The third-order valence-corrected chi connectivity index (χ3v) is 3.20. The van der Waals surface area contributed by atoms with E-state index in [1.54, 1.807) is 16.7 Å². The van der Waals surface area contributed by atoms with Gasteiger partial charge >= 0.3 is 0 Å². The molecule has 0 aromatic heterocycles. The van der Waals surface area contributed by atoms with Crippen LogP contribution in [0.4, 0.5) is 0 Å². The maximum atomic E-state index is 12.3. The molecule has 0 atom stereocenters. The highest BCUT2D eigenvalue weighted by Crippen LogP contribution is 2.21. The number of terminal acetylenes is 1. The molecule has 0 spiro atoms. The summed E-state index contributed by atoms with van der Waals surface area (Å²) in [6, 6.07) is 7.63. The Morgan fingerprint density at radius 3 is 2.76 bits per heavy atom. The molecule has 0 radical (unpaired) electrons. The minimum atomic E-state index is 0.0229. The summed E-state index contributed by atoms with van der Waals surface area (Å²) in [5.41, 5.74) is 0.740. The van der Waals surface area contributed by atoms with Gasteiger partial charge in [0.2, 0.25) is 0 Å². The molecule has 2 nitrogen and oxygen atoms in total. The van der Waals surface area contributed by atoms with Crippen LogP contribution in [0.15, 0.2) is 29.2 Å². The Hall–Kier alpha value is -1.40. The van der Waals surface area contributed by atoms with Crippen LogP contribution in [0.3, 0.4) is 0 Å². The molecule has 0 aliphatic carbocycles. The van der Waals surface area contributed by atoms with Crippen molar-refractivity contribution in [1.29, 1.82) is 0 Å². The summed E-state index contributed by atoms with van der Waals surface area (Å²) in [5.74, 6) is 2.56. The van der Waals surface area contributed by atoms with E-state index >= 15 is 0 Å². The maximum absolute atomic E-state index is 12.3. The number of hydrogen-bond donors (Lipinski definition) is 0. The van der Waals surface area contributed by atoms with Crippen LogP contribution < -0.4 is 0 Å². The van der Waals surface area contributed by atoms with Crippen LogP contribution in [0, 0.1) is 12.3 Å². The molecule has 90 valence electrons. The monoisotopic (exact) mass is 247 g/mol. The van der Waals surface area contributed by atoms with E-state index < -0.39 is 0 Å². The van der Waals surface area contributed by atoms with Gasteiger partial charge in [-0.1, -0.05) is 25.0 Å². The number of benzene rings is 1. The number of amides is 1. The van der Waals surface area contributed by atoms with Gasteiger partial charge in [0.15, 0.2) is 0 Å².